The zero-order valence-electron chi connectivity index (χ0n) is 11.3. The summed E-state index contributed by atoms with van der Waals surface area (Å²) >= 11 is 0. The molecule has 0 bridgehead atoms. The predicted molar refractivity (Wildman–Crippen MR) is 74.6 cm³/mol. The summed E-state index contributed by atoms with van der Waals surface area (Å²) in [5, 5.41) is 12.7. The second-order valence-corrected chi connectivity index (χ2v) is 4.57. The van der Waals surface area contributed by atoms with E-state index >= 15 is 0 Å². The lowest BCUT2D eigenvalue weighted by Crippen LogP contribution is -2.46. The third kappa shape index (κ3) is 5.03. The summed E-state index contributed by atoms with van der Waals surface area (Å²) in [7, 11) is 0. The van der Waals surface area contributed by atoms with Gasteiger partial charge in [-0.1, -0.05) is 18.2 Å². The molecule has 120 valence electrons. The molecule has 21 heavy (non-hydrogen) atoms. The molecule has 4 nitrogen and oxygen atoms in total. The molecule has 1 aromatic rings. The Balaban J connectivity index is 0.00000220. The monoisotopic (exact) mass is 326 g/mol. The largest absolute Gasteiger partial charge is 0.573 e. The van der Waals surface area contributed by atoms with Gasteiger partial charge in [-0.3, -0.25) is 4.90 Å². The van der Waals surface area contributed by atoms with Crippen molar-refractivity contribution < 1.29 is 23.0 Å². The van der Waals surface area contributed by atoms with Crippen molar-refractivity contribution in [2.45, 2.75) is 12.4 Å². The standard InChI is InChI=1S/C13H17F3N2O2.ClH/c14-13(15,16)20-12-4-2-1-3-10(12)11(9-19)18-7-5-17-6-8-18;/h1-4,11,17,19H,5-9H2;1H/t11-;/m0./s1. The van der Waals surface area contributed by atoms with Crippen LogP contribution in [-0.4, -0.2) is 49.2 Å². The second kappa shape index (κ2) is 7.84. The van der Waals surface area contributed by atoms with Crippen LogP contribution in [0, 0.1) is 0 Å². The molecule has 8 heteroatoms. The van der Waals surface area contributed by atoms with Crippen molar-refractivity contribution in [3.8, 4) is 5.75 Å². The number of rotatable bonds is 4. The molecule has 1 heterocycles. The van der Waals surface area contributed by atoms with Crippen LogP contribution < -0.4 is 10.1 Å². The maximum Gasteiger partial charge on any atom is 0.573 e. The molecule has 2 N–H and O–H groups in total. The Morgan fingerprint density at radius 1 is 1.24 bits per heavy atom. The average Bonchev–Trinajstić information content (AvgIpc) is 2.41. The topological polar surface area (TPSA) is 44.7 Å². The molecule has 2 rings (SSSR count). The summed E-state index contributed by atoms with van der Waals surface area (Å²) in [6.45, 7) is 2.59. The highest BCUT2D eigenvalue weighted by Crippen LogP contribution is 2.32. The van der Waals surface area contributed by atoms with Crippen molar-refractivity contribution in [1.29, 1.82) is 0 Å². The van der Waals surface area contributed by atoms with Crippen LogP contribution >= 0.6 is 12.4 Å². The fourth-order valence-electron chi connectivity index (χ4n) is 2.38. The molecule has 0 spiro atoms. The molecule has 0 aliphatic carbocycles. The van der Waals surface area contributed by atoms with E-state index in [9.17, 15) is 18.3 Å². The fourth-order valence-corrected chi connectivity index (χ4v) is 2.38. The van der Waals surface area contributed by atoms with E-state index in [1.807, 2.05) is 4.90 Å². The molecule has 1 saturated heterocycles. The minimum atomic E-state index is -4.74. The molecule has 0 radical (unpaired) electrons. The van der Waals surface area contributed by atoms with Crippen molar-refractivity contribution >= 4 is 12.4 Å². The van der Waals surface area contributed by atoms with Crippen LogP contribution in [0.2, 0.25) is 0 Å². The molecular formula is C13H18ClF3N2O2. The highest BCUT2D eigenvalue weighted by molar-refractivity contribution is 5.85. The van der Waals surface area contributed by atoms with E-state index in [1.165, 1.54) is 12.1 Å². The van der Waals surface area contributed by atoms with Gasteiger partial charge in [0.15, 0.2) is 0 Å². The van der Waals surface area contributed by atoms with Crippen LogP contribution in [0.1, 0.15) is 11.6 Å². The molecule has 0 saturated carbocycles. The maximum atomic E-state index is 12.4. The van der Waals surface area contributed by atoms with Gasteiger partial charge in [-0.15, -0.1) is 25.6 Å². The van der Waals surface area contributed by atoms with E-state index in [0.29, 0.717) is 18.7 Å². The zero-order chi connectivity index (χ0) is 14.6. The smallest absolute Gasteiger partial charge is 0.405 e. The Hall–Kier alpha value is -1.02. The molecule has 1 aliphatic heterocycles. The Kier molecular flexibility index (Phi) is 6.73. The van der Waals surface area contributed by atoms with E-state index in [1.54, 1.807) is 12.1 Å². The van der Waals surface area contributed by atoms with Crippen molar-refractivity contribution in [3.05, 3.63) is 29.8 Å². The Morgan fingerprint density at radius 2 is 1.86 bits per heavy atom. The number of ether oxygens (including phenoxy) is 1. The molecule has 0 amide bonds. The van der Waals surface area contributed by atoms with Crippen molar-refractivity contribution in [2.75, 3.05) is 32.8 Å². The quantitative estimate of drug-likeness (QED) is 0.887. The van der Waals surface area contributed by atoms with Gasteiger partial charge in [-0.05, 0) is 6.07 Å². The number of nitrogens with one attached hydrogen (secondary N) is 1. The summed E-state index contributed by atoms with van der Waals surface area (Å²) in [4.78, 5) is 1.95. The van der Waals surface area contributed by atoms with Gasteiger partial charge in [-0.2, -0.15) is 0 Å². The second-order valence-electron chi connectivity index (χ2n) is 4.57. The molecule has 1 fully saturated rings. The van der Waals surface area contributed by atoms with E-state index in [2.05, 4.69) is 10.1 Å². The van der Waals surface area contributed by atoms with Gasteiger partial charge >= 0.3 is 6.36 Å². The first-order valence-corrected chi connectivity index (χ1v) is 6.41. The molecule has 0 unspecified atom stereocenters. The summed E-state index contributed by atoms with van der Waals surface area (Å²) in [5.74, 6) is -0.252. The van der Waals surface area contributed by atoms with E-state index in [4.69, 9.17) is 0 Å². The summed E-state index contributed by atoms with van der Waals surface area (Å²) in [6.07, 6.45) is -4.74. The lowest BCUT2D eigenvalue weighted by molar-refractivity contribution is -0.275. The average molecular weight is 327 g/mol. The van der Waals surface area contributed by atoms with Crippen molar-refractivity contribution in [2.24, 2.45) is 0 Å². The normalized spacial score (nSPS) is 17.9. The summed E-state index contributed by atoms with van der Waals surface area (Å²) < 4.78 is 41.3. The number of piperazine rings is 1. The third-order valence-corrected chi connectivity index (χ3v) is 3.27. The number of benzene rings is 1. The molecular weight excluding hydrogens is 309 g/mol. The first kappa shape index (κ1) is 18.0. The van der Waals surface area contributed by atoms with Gasteiger partial charge in [0, 0.05) is 31.7 Å². The van der Waals surface area contributed by atoms with Gasteiger partial charge in [-0.25, -0.2) is 0 Å². The number of aliphatic hydroxyl groups excluding tert-OH is 1. The highest BCUT2D eigenvalue weighted by Gasteiger charge is 2.33. The zero-order valence-corrected chi connectivity index (χ0v) is 12.1. The van der Waals surface area contributed by atoms with Crippen LogP contribution in [0.3, 0.4) is 0 Å². The maximum absolute atomic E-state index is 12.4. The van der Waals surface area contributed by atoms with E-state index in [-0.39, 0.29) is 24.8 Å². The lowest BCUT2D eigenvalue weighted by Gasteiger charge is -2.34. The third-order valence-electron chi connectivity index (χ3n) is 3.27. The van der Waals surface area contributed by atoms with Crippen molar-refractivity contribution in [1.82, 2.24) is 10.2 Å². The van der Waals surface area contributed by atoms with Crippen LogP contribution in [0.5, 0.6) is 5.75 Å². The highest BCUT2D eigenvalue weighted by atomic mass is 35.5. The molecule has 1 aromatic carbocycles. The van der Waals surface area contributed by atoms with Gasteiger partial charge in [0.1, 0.15) is 5.75 Å². The Morgan fingerprint density at radius 3 is 2.43 bits per heavy atom. The van der Waals surface area contributed by atoms with E-state index in [0.717, 1.165) is 13.1 Å². The van der Waals surface area contributed by atoms with Gasteiger partial charge in [0.25, 0.3) is 0 Å². The molecule has 1 atom stereocenters. The van der Waals surface area contributed by atoms with Gasteiger partial charge in [0.2, 0.25) is 0 Å². The predicted octanol–water partition coefficient (Wildman–Crippen LogP) is 1.95. The fraction of sp³-hybridized carbons (Fsp3) is 0.538. The summed E-state index contributed by atoms with van der Waals surface area (Å²) in [6, 6.07) is 5.47. The number of nitrogens with zero attached hydrogens (tertiary/aromatic N) is 1. The lowest BCUT2D eigenvalue weighted by atomic mass is 10.0. The minimum absolute atomic E-state index is 0. The summed E-state index contributed by atoms with van der Waals surface area (Å²) in [5.41, 5.74) is 0.356. The van der Waals surface area contributed by atoms with Crippen molar-refractivity contribution in [3.63, 3.8) is 0 Å². The van der Waals surface area contributed by atoms with Crippen LogP contribution in [0.4, 0.5) is 13.2 Å². The number of para-hydroxylation sites is 1. The number of aliphatic hydroxyl groups is 1. The number of hydrogen-bond donors (Lipinski definition) is 2. The minimum Gasteiger partial charge on any atom is -0.405 e. The first-order chi connectivity index (χ1) is 9.51. The number of halogens is 4. The number of hydrogen-bond acceptors (Lipinski definition) is 4. The van der Waals surface area contributed by atoms with Gasteiger partial charge in [0.05, 0.1) is 12.6 Å². The SMILES string of the molecule is Cl.OC[C@@H](c1ccccc1OC(F)(F)F)N1CCNCC1. The first-order valence-electron chi connectivity index (χ1n) is 6.41. The molecule has 1 aliphatic rings. The van der Waals surface area contributed by atoms with Crippen LogP contribution in [0.15, 0.2) is 24.3 Å². The Bertz CT molecular complexity index is 440. The molecule has 0 aromatic heterocycles. The van der Waals surface area contributed by atoms with Gasteiger partial charge < -0.3 is 15.2 Å². The van der Waals surface area contributed by atoms with Crippen LogP contribution in [0.25, 0.3) is 0 Å². The Labute approximate surface area is 127 Å². The van der Waals surface area contributed by atoms with Crippen LogP contribution in [-0.2, 0) is 0 Å². The number of alkyl halides is 3. The van der Waals surface area contributed by atoms with E-state index < -0.39 is 12.4 Å².